The molecule has 84 valence electrons. The van der Waals surface area contributed by atoms with Gasteiger partial charge in [-0.15, -0.1) is 10.2 Å². The molecule has 16 heavy (non-hydrogen) atoms. The van der Waals surface area contributed by atoms with Crippen LogP contribution in [0.25, 0.3) is 11.5 Å². The van der Waals surface area contributed by atoms with Crippen molar-refractivity contribution in [3.8, 4) is 11.5 Å². The van der Waals surface area contributed by atoms with Crippen LogP contribution >= 0.6 is 11.8 Å². The first kappa shape index (κ1) is 11.2. The van der Waals surface area contributed by atoms with Crippen LogP contribution in [-0.2, 0) is 0 Å². The van der Waals surface area contributed by atoms with Crippen molar-refractivity contribution in [1.82, 2.24) is 10.2 Å². The third kappa shape index (κ3) is 2.64. The Morgan fingerprint density at radius 1 is 1.31 bits per heavy atom. The molecule has 3 nitrogen and oxygen atoms in total. The van der Waals surface area contributed by atoms with Gasteiger partial charge in [-0.2, -0.15) is 0 Å². The summed E-state index contributed by atoms with van der Waals surface area (Å²) in [6, 6.07) is 8.07. The standard InChI is InChI=1S/C12H14N2OS/c1-3-7-16-12-14-13-11(15-12)10-6-4-5-9(2)8-10/h4-6,8H,3,7H2,1-2H3. The van der Waals surface area contributed by atoms with Crippen LogP contribution in [0.2, 0.25) is 0 Å². The number of rotatable bonds is 4. The minimum atomic E-state index is 0.599. The molecule has 0 radical (unpaired) electrons. The Balaban J connectivity index is 2.18. The van der Waals surface area contributed by atoms with Crippen molar-refractivity contribution < 1.29 is 4.42 Å². The molecule has 0 atom stereocenters. The highest BCUT2D eigenvalue weighted by atomic mass is 32.2. The summed E-state index contributed by atoms with van der Waals surface area (Å²) in [5, 5.41) is 8.70. The van der Waals surface area contributed by atoms with E-state index in [1.54, 1.807) is 11.8 Å². The van der Waals surface area contributed by atoms with Gasteiger partial charge in [-0.25, -0.2) is 0 Å². The summed E-state index contributed by atoms with van der Waals surface area (Å²) >= 11 is 1.60. The lowest BCUT2D eigenvalue weighted by atomic mass is 10.1. The van der Waals surface area contributed by atoms with E-state index in [1.807, 2.05) is 31.2 Å². The summed E-state index contributed by atoms with van der Waals surface area (Å²) in [5.41, 5.74) is 2.18. The smallest absolute Gasteiger partial charge is 0.276 e. The van der Waals surface area contributed by atoms with E-state index in [2.05, 4.69) is 17.1 Å². The molecule has 1 heterocycles. The normalized spacial score (nSPS) is 10.6. The van der Waals surface area contributed by atoms with Gasteiger partial charge in [0.15, 0.2) is 0 Å². The van der Waals surface area contributed by atoms with Crippen molar-refractivity contribution in [3.63, 3.8) is 0 Å². The summed E-state index contributed by atoms with van der Waals surface area (Å²) in [7, 11) is 0. The van der Waals surface area contributed by atoms with Crippen LogP contribution in [0.5, 0.6) is 0 Å². The minimum absolute atomic E-state index is 0.599. The summed E-state index contributed by atoms with van der Waals surface area (Å²) < 4.78 is 5.57. The minimum Gasteiger partial charge on any atom is -0.411 e. The second kappa shape index (κ2) is 5.16. The van der Waals surface area contributed by atoms with Crippen molar-refractivity contribution in [2.75, 3.05) is 5.75 Å². The van der Waals surface area contributed by atoms with Crippen LogP contribution in [0.3, 0.4) is 0 Å². The van der Waals surface area contributed by atoms with E-state index in [4.69, 9.17) is 4.42 Å². The molecule has 0 spiro atoms. The number of thioether (sulfide) groups is 1. The van der Waals surface area contributed by atoms with Gasteiger partial charge in [0.2, 0.25) is 5.89 Å². The molecule has 0 aliphatic rings. The molecular weight excluding hydrogens is 220 g/mol. The predicted octanol–water partition coefficient (Wildman–Crippen LogP) is 3.55. The Labute approximate surface area is 99.3 Å². The van der Waals surface area contributed by atoms with Crippen LogP contribution in [0.1, 0.15) is 18.9 Å². The molecule has 0 N–H and O–H groups in total. The first-order valence-corrected chi connectivity index (χ1v) is 6.31. The maximum atomic E-state index is 5.57. The Hall–Kier alpha value is -1.29. The summed E-state index contributed by atoms with van der Waals surface area (Å²) in [6.45, 7) is 4.18. The molecular formula is C12H14N2OS. The number of hydrogen-bond donors (Lipinski definition) is 0. The zero-order chi connectivity index (χ0) is 11.4. The van der Waals surface area contributed by atoms with Crippen molar-refractivity contribution in [2.45, 2.75) is 25.5 Å². The van der Waals surface area contributed by atoms with Gasteiger partial charge in [0, 0.05) is 11.3 Å². The van der Waals surface area contributed by atoms with Gasteiger partial charge in [0.1, 0.15) is 0 Å². The fourth-order valence-corrected chi connectivity index (χ4v) is 1.97. The van der Waals surface area contributed by atoms with Crippen LogP contribution < -0.4 is 0 Å². The first-order valence-electron chi connectivity index (χ1n) is 5.33. The van der Waals surface area contributed by atoms with E-state index in [0.29, 0.717) is 11.1 Å². The second-order valence-electron chi connectivity index (χ2n) is 3.59. The Bertz CT molecular complexity index is 468. The molecule has 0 unspecified atom stereocenters. The molecule has 2 aromatic rings. The molecule has 1 aromatic carbocycles. The molecule has 1 aromatic heterocycles. The topological polar surface area (TPSA) is 38.9 Å². The average molecular weight is 234 g/mol. The highest BCUT2D eigenvalue weighted by Gasteiger charge is 2.08. The van der Waals surface area contributed by atoms with E-state index in [-0.39, 0.29) is 0 Å². The maximum Gasteiger partial charge on any atom is 0.276 e. The first-order chi connectivity index (χ1) is 7.79. The van der Waals surface area contributed by atoms with Crippen molar-refractivity contribution in [1.29, 1.82) is 0 Å². The summed E-state index contributed by atoms with van der Waals surface area (Å²) in [4.78, 5) is 0. The monoisotopic (exact) mass is 234 g/mol. The molecule has 0 fully saturated rings. The molecule has 0 aliphatic heterocycles. The Morgan fingerprint density at radius 2 is 2.19 bits per heavy atom. The zero-order valence-electron chi connectivity index (χ0n) is 9.43. The van der Waals surface area contributed by atoms with Gasteiger partial charge in [-0.3, -0.25) is 0 Å². The van der Waals surface area contributed by atoms with E-state index in [0.717, 1.165) is 17.7 Å². The fourth-order valence-electron chi connectivity index (χ4n) is 1.35. The number of benzene rings is 1. The van der Waals surface area contributed by atoms with Crippen LogP contribution in [0, 0.1) is 6.92 Å². The van der Waals surface area contributed by atoms with Gasteiger partial charge >= 0.3 is 0 Å². The van der Waals surface area contributed by atoms with E-state index >= 15 is 0 Å². The van der Waals surface area contributed by atoms with Crippen LogP contribution in [0.15, 0.2) is 33.9 Å². The molecule has 0 amide bonds. The van der Waals surface area contributed by atoms with Crippen molar-refractivity contribution in [2.24, 2.45) is 0 Å². The van der Waals surface area contributed by atoms with Crippen LogP contribution in [-0.4, -0.2) is 16.0 Å². The molecule has 4 heteroatoms. The van der Waals surface area contributed by atoms with Crippen molar-refractivity contribution in [3.05, 3.63) is 29.8 Å². The highest BCUT2D eigenvalue weighted by Crippen LogP contribution is 2.23. The SMILES string of the molecule is CCCSc1nnc(-c2cccc(C)c2)o1. The van der Waals surface area contributed by atoms with Crippen molar-refractivity contribution >= 4 is 11.8 Å². The number of aryl methyl sites for hydroxylation is 1. The lowest BCUT2D eigenvalue weighted by Gasteiger charge is -1.95. The molecule has 0 bridgehead atoms. The number of aromatic nitrogens is 2. The van der Waals surface area contributed by atoms with Gasteiger partial charge in [0.05, 0.1) is 0 Å². The van der Waals surface area contributed by atoms with E-state index < -0.39 is 0 Å². The quantitative estimate of drug-likeness (QED) is 0.758. The van der Waals surface area contributed by atoms with E-state index in [9.17, 15) is 0 Å². The summed E-state index contributed by atoms with van der Waals surface area (Å²) in [6.07, 6.45) is 1.10. The van der Waals surface area contributed by atoms with Crippen LogP contribution in [0.4, 0.5) is 0 Å². The largest absolute Gasteiger partial charge is 0.411 e. The second-order valence-corrected chi connectivity index (χ2v) is 4.64. The molecule has 0 saturated carbocycles. The third-order valence-electron chi connectivity index (χ3n) is 2.10. The number of hydrogen-bond acceptors (Lipinski definition) is 4. The zero-order valence-corrected chi connectivity index (χ0v) is 10.3. The molecule has 2 rings (SSSR count). The van der Waals surface area contributed by atoms with Gasteiger partial charge in [-0.05, 0) is 25.5 Å². The van der Waals surface area contributed by atoms with Gasteiger partial charge in [0.25, 0.3) is 5.22 Å². The Morgan fingerprint density at radius 3 is 2.94 bits per heavy atom. The fraction of sp³-hybridized carbons (Fsp3) is 0.333. The molecule has 0 saturated heterocycles. The number of nitrogens with zero attached hydrogens (tertiary/aromatic N) is 2. The summed E-state index contributed by atoms with van der Waals surface area (Å²) in [5.74, 6) is 1.61. The van der Waals surface area contributed by atoms with Gasteiger partial charge in [-0.1, -0.05) is 36.4 Å². The lowest BCUT2D eigenvalue weighted by Crippen LogP contribution is -1.78. The molecule has 0 aliphatic carbocycles. The van der Waals surface area contributed by atoms with Gasteiger partial charge < -0.3 is 4.42 Å². The maximum absolute atomic E-state index is 5.57. The lowest BCUT2D eigenvalue weighted by molar-refractivity contribution is 0.466. The Kier molecular flexibility index (Phi) is 3.62. The third-order valence-corrected chi connectivity index (χ3v) is 3.13. The highest BCUT2D eigenvalue weighted by molar-refractivity contribution is 7.99. The predicted molar refractivity (Wildman–Crippen MR) is 65.5 cm³/mol. The average Bonchev–Trinajstić information content (AvgIpc) is 2.75. The van der Waals surface area contributed by atoms with E-state index in [1.165, 1.54) is 5.56 Å².